The number of hydrogen-bond donors (Lipinski definition) is 2. The topological polar surface area (TPSA) is 85.9 Å². The number of rotatable bonds is 6. The molecule has 156 valence electrons. The van der Waals surface area contributed by atoms with Gasteiger partial charge in [0.15, 0.2) is 0 Å². The summed E-state index contributed by atoms with van der Waals surface area (Å²) in [5.74, 6) is 0.627. The minimum absolute atomic E-state index is 0.196. The predicted octanol–water partition coefficient (Wildman–Crippen LogP) is 1.87. The van der Waals surface area contributed by atoms with Gasteiger partial charge in [-0.05, 0) is 50.1 Å². The Morgan fingerprint density at radius 1 is 1.21 bits per heavy atom. The molecule has 0 aliphatic carbocycles. The third-order valence-electron chi connectivity index (χ3n) is 5.38. The minimum atomic E-state index is -0.847. The van der Waals surface area contributed by atoms with Crippen molar-refractivity contribution >= 4 is 5.91 Å². The monoisotopic (exact) mass is 399 g/mol. The van der Waals surface area contributed by atoms with Crippen LogP contribution < -0.4 is 10.3 Å². The minimum Gasteiger partial charge on any atom is -0.497 e. The maximum atomic E-state index is 12.7. The quantitative estimate of drug-likeness (QED) is 0.775. The lowest BCUT2D eigenvalue weighted by molar-refractivity contribution is -0.00402. The first-order chi connectivity index (χ1) is 13.9. The summed E-state index contributed by atoms with van der Waals surface area (Å²) >= 11 is 0. The van der Waals surface area contributed by atoms with Crippen molar-refractivity contribution in [2.75, 3.05) is 33.8 Å². The molecular weight excluding hydrogens is 370 g/mol. The number of H-pyrrole nitrogens is 1. The van der Waals surface area contributed by atoms with E-state index in [1.807, 2.05) is 31.3 Å². The van der Waals surface area contributed by atoms with E-state index in [0.717, 1.165) is 24.3 Å². The number of nitrogens with one attached hydrogen (secondary N) is 1. The number of ether oxygens (including phenoxy) is 1. The molecule has 3 rings (SSSR count). The van der Waals surface area contributed by atoms with Gasteiger partial charge < -0.3 is 19.7 Å². The van der Waals surface area contributed by atoms with Crippen LogP contribution in [0.15, 0.2) is 47.3 Å². The number of carbonyl (C=O) groups is 1. The SMILES string of the molecule is COc1ccc(CN(C)CC2(O)CCCN(C(=O)c3cccc(=O)[nH]3)CC2)cc1. The number of likely N-dealkylation sites (N-methyl/N-ethyl adjacent to an activating group) is 1. The molecule has 1 aliphatic heterocycles. The zero-order valence-corrected chi connectivity index (χ0v) is 17.1. The number of likely N-dealkylation sites (tertiary alicyclic amines) is 1. The molecule has 7 nitrogen and oxygen atoms in total. The fraction of sp³-hybridized carbons (Fsp3) is 0.455. The molecule has 2 heterocycles. The summed E-state index contributed by atoms with van der Waals surface area (Å²) in [5.41, 5.74) is 0.303. The van der Waals surface area contributed by atoms with E-state index < -0.39 is 5.60 Å². The smallest absolute Gasteiger partial charge is 0.270 e. The van der Waals surface area contributed by atoms with Crippen LogP contribution in [0, 0.1) is 0 Å². The van der Waals surface area contributed by atoms with Gasteiger partial charge in [0.25, 0.3) is 5.91 Å². The second kappa shape index (κ2) is 9.24. The Labute approximate surface area is 170 Å². The summed E-state index contributed by atoms with van der Waals surface area (Å²) in [6.45, 7) is 2.28. The molecule has 1 aromatic heterocycles. The lowest BCUT2D eigenvalue weighted by atomic mass is 9.94. The van der Waals surface area contributed by atoms with Crippen LogP contribution >= 0.6 is 0 Å². The molecular formula is C22H29N3O4. The number of hydrogen-bond acceptors (Lipinski definition) is 5. The van der Waals surface area contributed by atoms with Crippen LogP contribution in [-0.4, -0.2) is 65.2 Å². The maximum Gasteiger partial charge on any atom is 0.270 e. The van der Waals surface area contributed by atoms with Gasteiger partial charge in [-0.25, -0.2) is 0 Å². The number of methoxy groups -OCH3 is 1. The van der Waals surface area contributed by atoms with Gasteiger partial charge in [0.05, 0.1) is 12.7 Å². The Bertz CT molecular complexity index is 880. The van der Waals surface area contributed by atoms with E-state index in [1.54, 1.807) is 24.1 Å². The summed E-state index contributed by atoms with van der Waals surface area (Å²) in [5, 5.41) is 11.1. The van der Waals surface area contributed by atoms with Crippen molar-refractivity contribution in [2.24, 2.45) is 0 Å². The molecule has 1 aliphatic rings. The number of benzene rings is 1. The van der Waals surface area contributed by atoms with E-state index >= 15 is 0 Å². The van der Waals surface area contributed by atoms with Crippen LogP contribution in [-0.2, 0) is 6.54 Å². The van der Waals surface area contributed by atoms with Gasteiger partial charge in [0, 0.05) is 32.2 Å². The van der Waals surface area contributed by atoms with E-state index in [0.29, 0.717) is 38.2 Å². The Hall–Kier alpha value is -2.64. The zero-order valence-electron chi connectivity index (χ0n) is 17.1. The summed E-state index contributed by atoms with van der Waals surface area (Å²) < 4.78 is 5.19. The summed E-state index contributed by atoms with van der Waals surface area (Å²) in [6, 6.07) is 12.5. The predicted molar refractivity (Wildman–Crippen MR) is 111 cm³/mol. The van der Waals surface area contributed by atoms with Gasteiger partial charge >= 0.3 is 0 Å². The van der Waals surface area contributed by atoms with Gasteiger partial charge in [0.1, 0.15) is 11.4 Å². The first-order valence-electron chi connectivity index (χ1n) is 9.91. The van der Waals surface area contributed by atoms with Crippen LogP contribution in [0.25, 0.3) is 0 Å². The van der Waals surface area contributed by atoms with E-state index in [-0.39, 0.29) is 11.5 Å². The Balaban J connectivity index is 1.58. The molecule has 1 atom stereocenters. The highest BCUT2D eigenvalue weighted by Gasteiger charge is 2.33. The van der Waals surface area contributed by atoms with Crippen LogP contribution in [0.5, 0.6) is 5.75 Å². The molecule has 1 fully saturated rings. The zero-order chi connectivity index (χ0) is 20.9. The average Bonchev–Trinajstić information content (AvgIpc) is 2.89. The molecule has 1 amide bonds. The van der Waals surface area contributed by atoms with Crippen molar-refractivity contribution in [1.29, 1.82) is 0 Å². The molecule has 2 aromatic rings. The van der Waals surface area contributed by atoms with Gasteiger partial charge in [-0.3, -0.25) is 14.5 Å². The Morgan fingerprint density at radius 3 is 2.66 bits per heavy atom. The van der Waals surface area contributed by atoms with E-state index in [4.69, 9.17) is 4.74 Å². The highest BCUT2D eigenvalue weighted by atomic mass is 16.5. The third kappa shape index (κ3) is 5.68. The molecule has 0 bridgehead atoms. The van der Waals surface area contributed by atoms with Crippen LogP contribution in [0.1, 0.15) is 35.3 Å². The van der Waals surface area contributed by atoms with Crippen molar-refractivity contribution in [3.8, 4) is 5.75 Å². The second-order valence-corrected chi connectivity index (χ2v) is 7.82. The van der Waals surface area contributed by atoms with E-state index in [2.05, 4.69) is 9.88 Å². The Morgan fingerprint density at radius 2 is 1.97 bits per heavy atom. The fourth-order valence-corrected chi connectivity index (χ4v) is 3.88. The van der Waals surface area contributed by atoms with Gasteiger partial charge in [-0.15, -0.1) is 0 Å². The molecule has 0 radical (unpaired) electrons. The van der Waals surface area contributed by atoms with Crippen molar-refractivity contribution in [2.45, 2.75) is 31.4 Å². The number of aromatic nitrogens is 1. The van der Waals surface area contributed by atoms with Gasteiger partial charge in [-0.2, -0.15) is 0 Å². The number of carbonyl (C=O) groups excluding carboxylic acids is 1. The molecule has 0 spiro atoms. The largest absolute Gasteiger partial charge is 0.497 e. The second-order valence-electron chi connectivity index (χ2n) is 7.82. The number of amides is 1. The highest BCUT2D eigenvalue weighted by molar-refractivity contribution is 5.92. The first-order valence-corrected chi connectivity index (χ1v) is 9.91. The summed E-state index contributed by atoms with van der Waals surface area (Å²) in [7, 11) is 3.64. The molecule has 1 aromatic carbocycles. The lowest BCUT2D eigenvalue weighted by Gasteiger charge is -2.31. The molecule has 7 heteroatoms. The third-order valence-corrected chi connectivity index (χ3v) is 5.38. The van der Waals surface area contributed by atoms with Crippen LogP contribution in [0.4, 0.5) is 0 Å². The van der Waals surface area contributed by atoms with Crippen LogP contribution in [0.3, 0.4) is 0 Å². The highest BCUT2D eigenvalue weighted by Crippen LogP contribution is 2.25. The van der Waals surface area contributed by atoms with Gasteiger partial charge in [0.2, 0.25) is 5.56 Å². The standard InChI is InChI=1S/C22H29N3O4/c1-24(15-17-7-9-18(29-2)10-8-17)16-22(28)11-4-13-25(14-12-22)21(27)19-5-3-6-20(26)23-19/h3,5-10,28H,4,11-16H2,1-2H3,(H,23,26). The number of pyridine rings is 1. The van der Waals surface area contributed by atoms with E-state index in [1.165, 1.54) is 6.07 Å². The molecule has 0 saturated carbocycles. The first kappa shape index (κ1) is 21.1. The van der Waals surface area contributed by atoms with Crippen LogP contribution in [0.2, 0.25) is 0 Å². The molecule has 1 saturated heterocycles. The molecule has 29 heavy (non-hydrogen) atoms. The number of aromatic amines is 1. The molecule has 2 N–H and O–H groups in total. The average molecular weight is 399 g/mol. The number of aliphatic hydroxyl groups is 1. The van der Waals surface area contributed by atoms with Crippen molar-refractivity contribution < 1.29 is 14.6 Å². The molecule has 1 unspecified atom stereocenters. The van der Waals surface area contributed by atoms with Crippen molar-refractivity contribution in [3.05, 3.63) is 64.1 Å². The normalized spacial score (nSPS) is 19.8. The summed E-state index contributed by atoms with van der Waals surface area (Å²) in [6.07, 6.45) is 1.85. The summed E-state index contributed by atoms with van der Waals surface area (Å²) in [4.78, 5) is 30.6. The maximum absolute atomic E-state index is 12.7. The lowest BCUT2D eigenvalue weighted by Crippen LogP contribution is -2.42. The van der Waals surface area contributed by atoms with Crippen molar-refractivity contribution in [1.82, 2.24) is 14.8 Å². The Kier molecular flexibility index (Phi) is 6.71. The fourth-order valence-electron chi connectivity index (χ4n) is 3.88. The van der Waals surface area contributed by atoms with Crippen molar-refractivity contribution in [3.63, 3.8) is 0 Å². The number of nitrogens with zero attached hydrogens (tertiary/aromatic N) is 2. The van der Waals surface area contributed by atoms with E-state index in [9.17, 15) is 14.7 Å². The van der Waals surface area contributed by atoms with Gasteiger partial charge in [-0.1, -0.05) is 18.2 Å².